The largest absolute Gasteiger partial charge is 0.497 e. The fourth-order valence-corrected chi connectivity index (χ4v) is 4.28. The van der Waals surface area contributed by atoms with Gasteiger partial charge in [0.25, 0.3) is 11.8 Å². The Kier molecular flexibility index (Phi) is 5.94. The fraction of sp³-hybridized carbons (Fsp3) is 0.103. The van der Waals surface area contributed by atoms with Crippen molar-refractivity contribution in [3.63, 3.8) is 0 Å². The third-order valence-corrected chi connectivity index (χ3v) is 5.92. The number of fused-ring (bicyclic) bond motifs is 1. The van der Waals surface area contributed by atoms with Crippen LogP contribution >= 0.6 is 0 Å². The van der Waals surface area contributed by atoms with Gasteiger partial charge in [0.2, 0.25) is 0 Å². The minimum Gasteiger partial charge on any atom is -0.497 e. The van der Waals surface area contributed by atoms with E-state index in [0.29, 0.717) is 29.4 Å². The van der Waals surface area contributed by atoms with Crippen LogP contribution in [0.5, 0.6) is 11.5 Å². The first-order valence-electron chi connectivity index (χ1n) is 11.4. The molecule has 0 radical (unpaired) electrons. The second-order valence-corrected chi connectivity index (χ2v) is 7.98. The number of benzene rings is 4. The normalized spacial score (nSPS) is 13.5. The number of anilines is 2. The fourth-order valence-electron chi connectivity index (χ4n) is 4.28. The van der Waals surface area contributed by atoms with Gasteiger partial charge in [-0.3, -0.25) is 9.59 Å². The van der Waals surface area contributed by atoms with E-state index >= 15 is 0 Å². The van der Waals surface area contributed by atoms with Gasteiger partial charge in [-0.2, -0.15) is 0 Å². The van der Waals surface area contributed by atoms with E-state index in [1.807, 2.05) is 55.5 Å². The average Bonchev–Trinajstić information content (AvgIpc) is 3.13. The Morgan fingerprint density at radius 2 is 1.51 bits per heavy atom. The molecule has 0 aliphatic carbocycles. The number of methoxy groups -OCH3 is 1. The first kappa shape index (κ1) is 22.2. The van der Waals surface area contributed by atoms with Gasteiger partial charge in [0, 0.05) is 11.1 Å². The average molecular weight is 465 g/mol. The molecule has 1 aliphatic heterocycles. The molecule has 4 aromatic rings. The summed E-state index contributed by atoms with van der Waals surface area (Å²) in [6.45, 7) is 2.27. The molecule has 0 atom stereocenters. The van der Waals surface area contributed by atoms with E-state index in [2.05, 4.69) is 5.32 Å². The molecule has 6 heteroatoms. The van der Waals surface area contributed by atoms with Crippen molar-refractivity contribution in [1.82, 2.24) is 0 Å². The Balaban J connectivity index is 1.65. The van der Waals surface area contributed by atoms with Gasteiger partial charge in [0.15, 0.2) is 0 Å². The highest BCUT2D eigenvalue weighted by atomic mass is 16.5. The van der Waals surface area contributed by atoms with Crippen molar-refractivity contribution >= 4 is 39.5 Å². The lowest BCUT2D eigenvalue weighted by molar-refractivity contribution is -0.120. The predicted octanol–water partition coefficient (Wildman–Crippen LogP) is 5.64. The summed E-state index contributed by atoms with van der Waals surface area (Å²) in [4.78, 5) is 28.8. The van der Waals surface area contributed by atoms with Crippen LogP contribution in [0.3, 0.4) is 0 Å². The van der Waals surface area contributed by atoms with E-state index < -0.39 is 11.8 Å². The van der Waals surface area contributed by atoms with Gasteiger partial charge in [-0.25, -0.2) is 4.90 Å². The molecule has 0 saturated heterocycles. The first-order valence-corrected chi connectivity index (χ1v) is 11.4. The van der Waals surface area contributed by atoms with Crippen LogP contribution in [0, 0.1) is 0 Å². The highest BCUT2D eigenvalue weighted by molar-refractivity contribution is 6.46. The van der Waals surface area contributed by atoms with Crippen molar-refractivity contribution in [2.24, 2.45) is 0 Å². The van der Waals surface area contributed by atoms with E-state index in [9.17, 15) is 9.59 Å². The molecule has 4 aromatic carbocycles. The number of hydrogen-bond donors (Lipinski definition) is 1. The van der Waals surface area contributed by atoms with Gasteiger partial charge in [-0.1, -0.05) is 60.7 Å². The summed E-state index contributed by atoms with van der Waals surface area (Å²) in [5.41, 5.74) is 2.26. The number of imide groups is 1. The minimum atomic E-state index is -0.444. The van der Waals surface area contributed by atoms with Crippen molar-refractivity contribution in [2.45, 2.75) is 6.92 Å². The van der Waals surface area contributed by atoms with Crippen molar-refractivity contribution < 1.29 is 19.1 Å². The molecule has 0 spiro atoms. The van der Waals surface area contributed by atoms with Crippen LogP contribution in [0.25, 0.3) is 16.3 Å². The molecule has 0 fully saturated rings. The van der Waals surface area contributed by atoms with E-state index in [0.717, 1.165) is 16.5 Å². The smallest absolute Gasteiger partial charge is 0.282 e. The van der Waals surface area contributed by atoms with Crippen LogP contribution in [0.1, 0.15) is 12.5 Å². The summed E-state index contributed by atoms with van der Waals surface area (Å²) in [7, 11) is 1.58. The molecule has 1 aliphatic rings. The molecule has 6 nitrogen and oxygen atoms in total. The molecular weight excluding hydrogens is 440 g/mol. The monoisotopic (exact) mass is 464 g/mol. The number of carbonyl (C=O) groups is 2. The number of ether oxygens (including phenoxy) is 2. The summed E-state index contributed by atoms with van der Waals surface area (Å²) >= 11 is 0. The number of hydrogen-bond acceptors (Lipinski definition) is 5. The predicted molar refractivity (Wildman–Crippen MR) is 138 cm³/mol. The Morgan fingerprint density at radius 1 is 0.800 bits per heavy atom. The second-order valence-electron chi connectivity index (χ2n) is 7.98. The molecule has 1 heterocycles. The van der Waals surface area contributed by atoms with Crippen LogP contribution < -0.4 is 19.7 Å². The van der Waals surface area contributed by atoms with E-state index in [-0.39, 0.29) is 11.3 Å². The number of carbonyl (C=O) groups excluding carboxylic acids is 2. The van der Waals surface area contributed by atoms with Crippen LogP contribution in [0.4, 0.5) is 11.4 Å². The Bertz CT molecular complexity index is 1450. The summed E-state index contributed by atoms with van der Waals surface area (Å²) in [5, 5.41) is 5.26. The molecule has 0 bridgehead atoms. The van der Waals surface area contributed by atoms with Crippen molar-refractivity contribution in [3.05, 3.63) is 102 Å². The lowest BCUT2D eigenvalue weighted by atomic mass is 10.0. The standard InChI is InChI=1S/C29H24N2O4/c1-3-35-25-14-7-6-13-24(25)31-28(32)26(20-15-17-21(34-2)18-16-20)27(29(31)33)30-23-12-8-10-19-9-4-5-11-22(19)23/h4-18,30H,3H2,1-2H3. The van der Waals surface area contributed by atoms with Crippen LogP contribution in [-0.2, 0) is 9.59 Å². The van der Waals surface area contributed by atoms with E-state index in [4.69, 9.17) is 9.47 Å². The van der Waals surface area contributed by atoms with Gasteiger partial charge in [0.05, 0.1) is 25.0 Å². The summed E-state index contributed by atoms with van der Waals surface area (Å²) in [6.07, 6.45) is 0. The Labute approximate surface area is 203 Å². The molecule has 2 amide bonds. The summed E-state index contributed by atoms with van der Waals surface area (Å²) < 4.78 is 11.0. The maximum atomic E-state index is 13.8. The van der Waals surface area contributed by atoms with Crippen molar-refractivity contribution in [2.75, 3.05) is 23.9 Å². The van der Waals surface area contributed by atoms with Gasteiger partial charge in [-0.05, 0) is 48.2 Å². The highest BCUT2D eigenvalue weighted by Gasteiger charge is 2.41. The molecule has 0 unspecified atom stereocenters. The second kappa shape index (κ2) is 9.35. The molecule has 5 rings (SSSR count). The number of nitrogens with zero attached hydrogens (tertiary/aromatic N) is 1. The summed E-state index contributed by atoms with van der Waals surface area (Å²) in [6, 6.07) is 27.9. The van der Waals surface area contributed by atoms with Gasteiger partial charge >= 0.3 is 0 Å². The number of nitrogens with one attached hydrogen (secondary N) is 1. The van der Waals surface area contributed by atoms with Crippen LogP contribution in [0.2, 0.25) is 0 Å². The SMILES string of the molecule is CCOc1ccccc1N1C(=O)C(Nc2cccc3ccccc23)=C(c2ccc(OC)cc2)C1=O. The third-order valence-electron chi connectivity index (χ3n) is 5.92. The number of para-hydroxylation sites is 2. The lowest BCUT2D eigenvalue weighted by Crippen LogP contribution is -2.32. The number of amides is 2. The van der Waals surface area contributed by atoms with Gasteiger partial charge in [-0.15, -0.1) is 0 Å². The third kappa shape index (κ3) is 3.99. The summed E-state index contributed by atoms with van der Waals surface area (Å²) in [5.74, 6) is 0.265. The van der Waals surface area contributed by atoms with Crippen molar-refractivity contribution in [3.8, 4) is 11.5 Å². The van der Waals surface area contributed by atoms with Gasteiger partial charge in [0.1, 0.15) is 17.2 Å². The molecule has 174 valence electrons. The van der Waals surface area contributed by atoms with Gasteiger partial charge < -0.3 is 14.8 Å². The number of rotatable bonds is 7. The maximum absolute atomic E-state index is 13.8. The zero-order chi connectivity index (χ0) is 24.4. The molecular formula is C29H24N2O4. The lowest BCUT2D eigenvalue weighted by Gasteiger charge is -2.19. The quantitative estimate of drug-likeness (QED) is 0.358. The van der Waals surface area contributed by atoms with Crippen LogP contribution in [-0.4, -0.2) is 25.5 Å². The molecule has 35 heavy (non-hydrogen) atoms. The molecule has 0 saturated carbocycles. The minimum absolute atomic E-state index is 0.211. The first-order chi connectivity index (χ1) is 17.1. The van der Waals surface area contributed by atoms with E-state index in [1.54, 1.807) is 49.6 Å². The topological polar surface area (TPSA) is 67.9 Å². The van der Waals surface area contributed by atoms with Crippen molar-refractivity contribution in [1.29, 1.82) is 0 Å². The van der Waals surface area contributed by atoms with E-state index in [1.165, 1.54) is 4.90 Å². The zero-order valence-corrected chi connectivity index (χ0v) is 19.4. The zero-order valence-electron chi connectivity index (χ0n) is 19.4. The molecule has 0 aromatic heterocycles. The molecule has 1 N–H and O–H groups in total. The maximum Gasteiger partial charge on any atom is 0.282 e. The Morgan fingerprint density at radius 3 is 2.29 bits per heavy atom. The highest BCUT2D eigenvalue weighted by Crippen LogP contribution is 2.39. The van der Waals surface area contributed by atoms with Crippen LogP contribution in [0.15, 0.2) is 96.7 Å². The Hall–Kier alpha value is -4.58.